The SMILES string of the molecule is CSc1ccc(Nc2ccc(Cl)cc2C#N)cc1. The van der Waals surface area contributed by atoms with Gasteiger partial charge in [-0.2, -0.15) is 5.26 Å². The fourth-order valence-electron chi connectivity index (χ4n) is 1.55. The Labute approximate surface area is 116 Å². The molecule has 0 aliphatic carbocycles. The van der Waals surface area contributed by atoms with Crippen molar-refractivity contribution < 1.29 is 0 Å². The molecule has 2 aromatic carbocycles. The predicted molar refractivity (Wildman–Crippen MR) is 77.7 cm³/mol. The monoisotopic (exact) mass is 274 g/mol. The summed E-state index contributed by atoms with van der Waals surface area (Å²) in [4.78, 5) is 1.21. The van der Waals surface area contributed by atoms with E-state index in [1.165, 1.54) is 4.90 Å². The van der Waals surface area contributed by atoms with Crippen molar-refractivity contribution in [2.24, 2.45) is 0 Å². The van der Waals surface area contributed by atoms with E-state index in [4.69, 9.17) is 16.9 Å². The normalized spacial score (nSPS) is 9.83. The van der Waals surface area contributed by atoms with Crippen LogP contribution in [0.2, 0.25) is 5.02 Å². The Morgan fingerprint density at radius 2 is 1.89 bits per heavy atom. The summed E-state index contributed by atoms with van der Waals surface area (Å²) in [6.45, 7) is 0. The van der Waals surface area contributed by atoms with Gasteiger partial charge in [0.2, 0.25) is 0 Å². The zero-order valence-corrected chi connectivity index (χ0v) is 11.3. The minimum absolute atomic E-state index is 0.538. The van der Waals surface area contributed by atoms with Crippen molar-refractivity contribution in [3.8, 4) is 6.07 Å². The van der Waals surface area contributed by atoms with Gasteiger partial charge >= 0.3 is 0 Å². The third-order valence-electron chi connectivity index (χ3n) is 2.47. The number of thioether (sulfide) groups is 1. The van der Waals surface area contributed by atoms with Crippen molar-refractivity contribution >= 4 is 34.7 Å². The van der Waals surface area contributed by atoms with Gasteiger partial charge in [-0.3, -0.25) is 0 Å². The Kier molecular flexibility index (Phi) is 4.14. The molecule has 0 saturated heterocycles. The third-order valence-corrected chi connectivity index (χ3v) is 3.45. The second-order valence-electron chi connectivity index (χ2n) is 3.66. The average molecular weight is 275 g/mol. The quantitative estimate of drug-likeness (QED) is 0.826. The highest BCUT2D eigenvalue weighted by Gasteiger charge is 2.03. The first-order valence-corrected chi connectivity index (χ1v) is 6.94. The summed E-state index contributed by atoms with van der Waals surface area (Å²) in [5, 5.41) is 12.8. The molecule has 0 fully saturated rings. The van der Waals surface area contributed by atoms with Gasteiger partial charge in [-0.15, -0.1) is 11.8 Å². The molecule has 2 rings (SSSR count). The molecule has 0 unspecified atom stereocenters. The molecule has 0 heterocycles. The van der Waals surface area contributed by atoms with E-state index in [1.54, 1.807) is 23.9 Å². The number of hydrogen-bond donors (Lipinski definition) is 1. The third kappa shape index (κ3) is 2.98. The first-order valence-electron chi connectivity index (χ1n) is 5.33. The van der Waals surface area contributed by atoms with E-state index in [0.29, 0.717) is 10.6 Å². The lowest BCUT2D eigenvalue weighted by Gasteiger charge is -2.08. The van der Waals surface area contributed by atoms with Crippen LogP contribution in [0.4, 0.5) is 11.4 Å². The van der Waals surface area contributed by atoms with E-state index in [0.717, 1.165) is 11.4 Å². The van der Waals surface area contributed by atoms with E-state index in [1.807, 2.05) is 36.6 Å². The van der Waals surface area contributed by atoms with Gasteiger partial charge in [-0.25, -0.2) is 0 Å². The van der Waals surface area contributed by atoms with E-state index in [-0.39, 0.29) is 0 Å². The second kappa shape index (κ2) is 5.81. The number of nitrogens with zero attached hydrogens (tertiary/aromatic N) is 1. The lowest BCUT2D eigenvalue weighted by Crippen LogP contribution is -1.93. The van der Waals surface area contributed by atoms with Crippen molar-refractivity contribution in [3.63, 3.8) is 0 Å². The lowest BCUT2D eigenvalue weighted by molar-refractivity contribution is 1.43. The maximum Gasteiger partial charge on any atom is 0.101 e. The van der Waals surface area contributed by atoms with Crippen molar-refractivity contribution in [3.05, 3.63) is 53.1 Å². The topological polar surface area (TPSA) is 35.8 Å². The van der Waals surface area contributed by atoms with Gasteiger partial charge in [0.15, 0.2) is 0 Å². The van der Waals surface area contributed by atoms with Gasteiger partial charge in [0.25, 0.3) is 0 Å². The number of halogens is 1. The molecule has 4 heteroatoms. The van der Waals surface area contributed by atoms with Gasteiger partial charge in [-0.05, 0) is 48.7 Å². The van der Waals surface area contributed by atoms with E-state index >= 15 is 0 Å². The fourth-order valence-corrected chi connectivity index (χ4v) is 2.13. The number of hydrogen-bond acceptors (Lipinski definition) is 3. The second-order valence-corrected chi connectivity index (χ2v) is 4.97. The summed E-state index contributed by atoms with van der Waals surface area (Å²) in [7, 11) is 0. The van der Waals surface area contributed by atoms with Crippen LogP contribution in [-0.2, 0) is 0 Å². The van der Waals surface area contributed by atoms with Crippen molar-refractivity contribution in [2.75, 3.05) is 11.6 Å². The molecule has 0 aliphatic rings. The molecule has 0 amide bonds. The molecule has 0 bridgehead atoms. The van der Waals surface area contributed by atoms with Crippen LogP contribution in [0.25, 0.3) is 0 Å². The van der Waals surface area contributed by atoms with E-state index < -0.39 is 0 Å². The smallest absolute Gasteiger partial charge is 0.101 e. The minimum atomic E-state index is 0.538. The Hall–Kier alpha value is -1.63. The van der Waals surface area contributed by atoms with Gasteiger partial charge < -0.3 is 5.32 Å². The highest BCUT2D eigenvalue weighted by Crippen LogP contribution is 2.25. The van der Waals surface area contributed by atoms with Gasteiger partial charge in [0, 0.05) is 15.6 Å². The van der Waals surface area contributed by atoms with Crippen molar-refractivity contribution in [2.45, 2.75) is 4.90 Å². The van der Waals surface area contributed by atoms with Crippen LogP contribution < -0.4 is 5.32 Å². The number of anilines is 2. The average Bonchev–Trinajstić information content (AvgIpc) is 2.41. The molecular formula is C14H11ClN2S. The van der Waals surface area contributed by atoms with Crippen molar-refractivity contribution in [1.29, 1.82) is 5.26 Å². The van der Waals surface area contributed by atoms with Crippen LogP contribution in [-0.4, -0.2) is 6.26 Å². The number of nitriles is 1. The summed E-state index contributed by atoms with van der Waals surface area (Å²) < 4.78 is 0. The molecule has 1 N–H and O–H groups in total. The summed E-state index contributed by atoms with van der Waals surface area (Å²) in [5.74, 6) is 0. The molecule has 2 aromatic rings. The Morgan fingerprint density at radius 3 is 2.50 bits per heavy atom. The summed E-state index contributed by atoms with van der Waals surface area (Å²) in [5.41, 5.74) is 2.25. The molecule has 18 heavy (non-hydrogen) atoms. The molecule has 0 aliphatic heterocycles. The largest absolute Gasteiger partial charge is 0.354 e. The number of rotatable bonds is 3. The highest BCUT2D eigenvalue weighted by molar-refractivity contribution is 7.98. The molecular weight excluding hydrogens is 264 g/mol. The molecule has 0 atom stereocenters. The highest BCUT2D eigenvalue weighted by atomic mass is 35.5. The van der Waals surface area contributed by atoms with Gasteiger partial charge in [0.1, 0.15) is 6.07 Å². The Balaban J connectivity index is 2.25. The molecule has 0 radical (unpaired) electrons. The first kappa shape index (κ1) is 12.8. The number of nitrogens with one attached hydrogen (secondary N) is 1. The predicted octanol–water partition coefficient (Wildman–Crippen LogP) is 4.68. The lowest BCUT2D eigenvalue weighted by atomic mass is 10.2. The zero-order chi connectivity index (χ0) is 13.0. The molecule has 0 aromatic heterocycles. The fraction of sp³-hybridized carbons (Fsp3) is 0.0714. The zero-order valence-electron chi connectivity index (χ0n) is 9.77. The van der Waals surface area contributed by atoms with E-state index in [2.05, 4.69) is 11.4 Å². The molecule has 0 saturated carbocycles. The van der Waals surface area contributed by atoms with Crippen LogP contribution in [0.15, 0.2) is 47.4 Å². The number of benzene rings is 2. The van der Waals surface area contributed by atoms with Crippen LogP contribution in [0.3, 0.4) is 0 Å². The van der Waals surface area contributed by atoms with Crippen LogP contribution >= 0.6 is 23.4 Å². The van der Waals surface area contributed by atoms with Crippen LogP contribution in [0.1, 0.15) is 5.56 Å². The summed E-state index contributed by atoms with van der Waals surface area (Å²) in [6, 6.07) is 15.4. The van der Waals surface area contributed by atoms with Crippen LogP contribution in [0, 0.1) is 11.3 Å². The minimum Gasteiger partial charge on any atom is -0.354 e. The Morgan fingerprint density at radius 1 is 1.17 bits per heavy atom. The summed E-state index contributed by atoms with van der Waals surface area (Å²) in [6.07, 6.45) is 2.04. The van der Waals surface area contributed by atoms with Gasteiger partial charge in [0.05, 0.1) is 11.3 Å². The maximum atomic E-state index is 9.05. The van der Waals surface area contributed by atoms with Crippen LogP contribution in [0.5, 0.6) is 0 Å². The standard InChI is InChI=1S/C14H11ClN2S/c1-18-13-5-3-12(4-6-13)17-14-7-2-11(15)8-10(14)9-16/h2-8,17H,1H3. The molecule has 2 nitrogen and oxygen atoms in total. The van der Waals surface area contributed by atoms with Gasteiger partial charge in [-0.1, -0.05) is 11.6 Å². The first-order chi connectivity index (χ1) is 8.72. The Bertz CT molecular complexity index is 588. The van der Waals surface area contributed by atoms with Crippen molar-refractivity contribution in [1.82, 2.24) is 0 Å². The molecule has 0 spiro atoms. The summed E-state index contributed by atoms with van der Waals surface area (Å²) >= 11 is 7.55. The van der Waals surface area contributed by atoms with E-state index in [9.17, 15) is 0 Å². The maximum absolute atomic E-state index is 9.05. The molecule has 90 valence electrons.